The average molecular weight is 259 g/mol. The maximum atomic E-state index is 11.5. The van der Waals surface area contributed by atoms with E-state index in [-0.39, 0.29) is 12.2 Å². The van der Waals surface area contributed by atoms with E-state index in [0.29, 0.717) is 15.6 Å². The number of halogens is 2. The molecule has 0 spiro atoms. The van der Waals surface area contributed by atoms with Crippen LogP contribution in [0.25, 0.3) is 0 Å². The van der Waals surface area contributed by atoms with Gasteiger partial charge in [-0.3, -0.25) is 9.59 Å². The average Bonchev–Trinajstić information content (AvgIpc) is 2.21. The van der Waals surface area contributed by atoms with E-state index in [1.54, 1.807) is 0 Å². The van der Waals surface area contributed by atoms with Crippen LogP contribution in [0.1, 0.15) is 16.8 Å². The van der Waals surface area contributed by atoms with E-state index in [9.17, 15) is 9.59 Å². The minimum Gasteiger partial charge on any atom is -0.481 e. The lowest BCUT2D eigenvalue weighted by Gasteiger charge is -1.98. The number of hydrogen-bond donors (Lipinski definition) is 1. The molecule has 3 nitrogen and oxygen atoms in total. The lowest BCUT2D eigenvalue weighted by Crippen LogP contribution is -1.96. The molecule has 0 heterocycles. The summed E-state index contributed by atoms with van der Waals surface area (Å²) in [4.78, 5) is 21.7. The summed E-state index contributed by atoms with van der Waals surface area (Å²) < 4.78 is 0. The molecule has 0 aromatic heterocycles. The second-order valence-electron chi connectivity index (χ2n) is 2.99. The molecule has 0 saturated carbocycles. The van der Waals surface area contributed by atoms with Gasteiger partial charge in [-0.15, -0.1) is 0 Å². The molecule has 0 radical (unpaired) electrons. The third-order valence-electron chi connectivity index (χ3n) is 1.77. The van der Waals surface area contributed by atoms with Crippen molar-refractivity contribution in [2.75, 3.05) is 0 Å². The summed E-state index contributed by atoms with van der Waals surface area (Å²) in [5.41, 5.74) is 0.371. The number of carboxylic acid groups (broad SMARTS) is 1. The fourth-order valence-corrected chi connectivity index (χ4v) is 1.31. The van der Waals surface area contributed by atoms with Gasteiger partial charge >= 0.3 is 5.97 Å². The largest absolute Gasteiger partial charge is 0.481 e. The smallest absolute Gasteiger partial charge is 0.307 e. The number of rotatable bonds is 4. The molecule has 0 aliphatic heterocycles. The van der Waals surface area contributed by atoms with Gasteiger partial charge in [0.2, 0.25) is 0 Å². The summed E-state index contributed by atoms with van der Waals surface area (Å²) in [5, 5.41) is 9.04. The summed E-state index contributed by atoms with van der Waals surface area (Å²) in [5.74, 6) is -1.29. The summed E-state index contributed by atoms with van der Waals surface area (Å²) in [7, 11) is 0. The first-order valence-electron chi connectivity index (χ1n) is 4.38. The predicted octanol–water partition coefficient (Wildman–Crippen LogP) is 3.21. The summed E-state index contributed by atoms with van der Waals surface area (Å²) in [6, 6.07) is 4.49. The molecule has 0 amide bonds. The van der Waals surface area contributed by atoms with Crippen LogP contribution < -0.4 is 0 Å². The molecule has 0 saturated heterocycles. The van der Waals surface area contributed by atoms with Crippen molar-refractivity contribution in [2.45, 2.75) is 6.42 Å². The normalized spacial score (nSPS) is 10.6. The van der Waals surface area contributed by atoms with Crippen molar-refractivity contribution >= 4 is 35.0 Å². The predicted molar refractivity (Wildman–Crippen MR) is 62.2 cm³/mol. The van der Waals surface area contributed by atoms with E-state index in [0.717, 1.165) is 0 Å². The number of aliphatic carboxylic acids is 1. The molecule has 16 heavy (non-hydrogen) atoms. The molecule has 0 bridgehead atoms. The van der Waals surface area contributed by atoms with Gasteiger partial charge in [-0.25, -0.2) is 0 Å². The van der Waals surface area contributed by atoms with E-state index in [4.69, 9.17) is 28.3 Å². The SMILES string of the molecule is O=C(O)C/C=C/C(=O)c1ccc(Cl)c(Cl)c1. The van der Waals surface area contributed by atoms with Gasteiger partial charge in [0.15, 0.2) is 5.78 Å². The third kappa shape index (κ3) is 3.68. The standard InChI is InChI=1S/C11H8Cl2O3/c12-8-5-4-7(6-9(8)13)10(14)2-1-3-11(15)16/h1-2,4-6H,3H2,(H,15,16)/b2-1+. The molecule has 0 fully saturated rings. The zero-order valence-electron chi connectivity index (χ0n) is 8.11. The number of carboxylic acids is 1. The van der Waals surface area contributed by atoms with Crippen molar-refractivity contribution in [1.29, 1.82) is 0 Å². The Labute approximate surface area is 102 Å². The van der Waals surface area contributed by atoms with Crippen LogP contribution in [0, 0.1) is 0 Å². The van der Waals surface area contributed by atoms with Gasteiger partial charge in [-0.1, -0.05) is 29.3 Å². The highest BCUT2D eigenvalue weighted by atomic mass is 35.5. The number of ketones is 1. The Balaban J connectivity index is 2.77. The fourth-order valence-electron chi connectivity index (χ4n) is 1.01. The van der Waals surface area contributed by atoms with Crippen LogP contribution in [-0.2, 0) is 4.79 Å². The number of hydrogen-bond acceptors (Lipinski definition) is 2. The van der Waals surface area contributed by atoms with Crippen LogP contribution in [0.15, 0.2) is 30.4 Å². The first-order valence-corrected chi connectivity index (χ1v) is 5.14. The van der Waals surface area contributed by atoms with E-state index < -0.39 is 5.97 Å². The first kappa shape index (κ1) is 12.7. The molecule has 1 aromatic rings. The molecular formula is C11H8Cl2O3. The topological polar surface area (TPSA) is 54.4 Å². The molecule has 0 aliphatic rings. The zero-order chi connectivity index (χ0) is 12.1. The van der Waals surface area contributed by atoms with Crippen LogP contribution >= 0.6 is 23.2 Å². The third-order valence-corrected chi connectivity index (χ3v) is 2.50. The van der Waals surface area contributed by atoms with Crippen LogP contribution in [-0.4, -0.2) is 16.9 Å². The summed E-state index contributed by atoms with van der Waals surface area (Å²) in [6.07, 6.45) is 2.30. The van der Waals surface area contributed by atoms with Gasteiger partial charge in [-0.2, -0.15) is 0 Å². The Morgan fingerprint density at radius 2 is 1.94 bits per heavy atom. The molecule has 5 heteroatoms. The monoisotopic (exact) mass is 258 g/mol. The molecule has 0 atom stereocenters. The van der Waals surface area contributed by atoms with Crippen LogP contribution in [0.2, 0.25) is 10.0 Å². The maximum Gasteiger partial charge on any atom is 0.307 e. The number of carbonyl (C=O) groups excluding carboxylic acids is 1. The molecule has 0 aliphatic carbocycles. The highest BCUT2D eigenvalue weighted by molar-refractivity contribution is 6.42. The Morgan fingerprint density at radius 3 is 2.50 bits per heavy atom. The first-order chi connectivity index (χ1) is 7.50. The van der Waals surface area contributed by atoms with Crippen molar-refractivity contribution in [3.63, 3.8) is 0 Å². The van der Waals surface area contributed by atoms with Crippen molar-refractivity contribution in [3.8, 4) is 0 Å². The van der Waals surface area contributed by atoms with Crippen LogP contribution in [0.5, 0.6) is 0 Å². The second kappa shape index (κ2) is 5.68. The Kier molecular flexibility index (Phi) is 4.52. The van der Waals surface area contributed by atoms with Gasteiger partial charge in [-0.05, 0) is 24.3 Å². The van der Waals surface area contributed by atoms with Crippen molar-refractivity contribution in [3.05, 3.63) is 46.0 Å². The van der Waals surface area contributed by atoms with Crippen molar-refractivity contribution in [1.82, 2.24) is 0 Å². The van der Waals surface area contributed by atoms with E-state index >= 15 is 0 Å². The van der Waals surface area contributed by atoms with Gasteiger partial charge < -0.3 is 5.11 Å². The molecule has 1 N–H and O–H groups in total. The van der Waals surface area contributed by atoms with Gasteiger partial charge in [0, 0.05) is 5.56 Å². The van der Waals surface area contributed by atoms with E-state index in [1.807, 2.05) is 0 Å². The van der Waals surface area contributed by atoms with Gasteiger partial charge in [0.1, 0.15) is 0 Å². The van der Waals surface area contributed by atoms with Crippen molar-refractivity contribution in [2.24, 2.45) is 0 Å². The van der Waals surface area contributed by atoms with Crippen molar-refractivity contribution < 1.29 is 14.7 Å². The Bertz CT molecular complexity index is 453. The Morgan fingerprint density at radius 1 is 1.25 bits per heavy atom. The quantitative estimate of drug-likeness (QED) is 0.667. The molecule has 1 rings (SSSR count). The van der Waals surface area contributed by atoms with Crippen LogP contribution in [0.3, 0.4) is 0 Å². The van der Waals surface area contributed by atoms with Gasteiger partial charge in [0.25, 0.3) is 0 Å². The molecule has 84 valence electrons. The molecule has 1 aromatic carbocycles. The minimum absolute atomic E-state index is 0.187. The number of allylic oxidation sites excluding steroid dienone is 1. The number of benzene rings is 1. The summed E-state index contributed by atoms with van der Waals surface area (Å²) in [6.45, 7) is 0. The fraction of sp³-hybridized carbons (Fsp3) is 0.0909. The van der Waals surface area contributed by atoms with E-state index in [1.165, 1.54) is 30.4 Å². The maximum absolute atomic E-state index is 11.5. The second-order valence-corrected chi connectivity index (χ2v) is 3.81. The Hall–Kier alpha value is -1.32. The highest BCUT2D eigenvalue weighted by Crippen LogP contribution is 2.22. The lowest BCUT2D eigenvalue weighted by atomic mass is 10.1. The molecular weight excluding hydrogens is 251 g/mol. The van der Waals surface area contributed by atoms with Crippen LogP contribution in [0.4, 0.5) is 0 Å². The number of carbonyl (C=O) groups is 2. The lowest BCUT2D eigenvalue weighted by molar-refractivity contribution is -0.135. The highest BCUT2D eigenvalue weighted by Gasteiger charge is 2.05. The van der Waals surface area contributed by atoms with Gasteiger partial charge in [0.05, 0.1) is 16.5 Å². The zero-order valence-corrected chi connectivity index (χ0v) is 9.63. The van der Waals surface area contributed by atoms with E-state index in [2.05, 4.69) is 0 Å². The summed E-state index contributed by atoms with van der Waals surface area (Å²) >= 11 is 11.4. The molecule has 0 unspecified atom stereocenters. The minimum atomic E-state index is -0.988.